The summed E-state index contributed by atoms with van der Waals surface area (Å²) in [5, 5.41) is 3.43. The molecule has 26 heavy (non-hydrogen) atoms. The van der Waals surface area contributed by atoms with Crippen molar-refractivity contribution in [2.75, 3.05) is 53.4 Å². The number of carbonyl (C=O) groups is 1. The summed E-state index contributed by atoms with van der Waals surface area (Å²) in [6, 6.07) is 10.6. The molecule has 1 aliphatic rings. The Hall–Kier alpha value is -2.08. The number of amides is 1. The van der Waals surface area contributed by atoms with Gasteiger partial charge in [0, 0.05) is 53.4 Å². The van der Waals surface area contributed by atoms with Crippen molar-refractivity contribution >= 4 is 11.9 Å². The number of nitrogens with zero attached hydrogens (tertiary/aromatic N) is 4. The van der Waals surface area contributed by atoms with Crippen molar-refractivity contribution in [3.63, 3.8) is 0 Å². The standard InChI is InChI=1S/C20H33N5O/c1-17(2)14-21-20(22-15-19(26)23(3)4)25-12-10-24(11-13-25)16-18-8-6-5-7-9-18/h5-9,17H,10-16H2,1-4H3,(H,21,22). The Bertz CT molecular complexity index is 577. The van der Waals surface area contributed by atoms with Crippen molar-refractivity contribution in [3.8, 4) is 0 Å². The van der Waals surface area contributed by atoms with Crippen LogP contribution in [0.3, 0.4) is 0 Å². The zero-order valence-electron chi connectivity index (χ0n) is 16.6. The third-order valence-electron chi connectivity index (χ3n) is 4.45. The lowest BCUT2D eigenvalue weighted by molar-refractivity contribution is -0.127. The van der Waals surface area contributed by atoms with E-state index in [1.165, 1.54) is 5.56 Å². The maximum Gasteiger partial charge on any atom is 0.243 e. The number of rotatable bonds is 6. The zero-order chi connectivity index (χ0) is 18.9. The van der Waals surface area contributed by atoms with Gasteiger partial charge >= 0.3 is 0 Å². The van der Waals surface area contributed by atoms with Crippen LogP contribution in [0.4, 0.5) is 0 Å². The second-order valence-corrected chi connectivity index (χ2v) is 7.45. The minimum atomic E-state index is 0.0246. The molecule has 6 nitrogen and oxygen atoms in total. The van der Waals surface area contributed by atoms with E-state index in [1.54, 1.807) is 19.0 Å². The number of nitrogens with one attached hydrogen (secondary N) is 1. The van der Waals surface area contributed by atoms with Crippen molar-refractivity contribution in [2.45, 2.75) is 20.4 Å². The molecule has 1 aromatic carbocycles. The largest absolute Gasteiger partial charge is 0.356 e. The first-order chi connectivity index (χ1) is 12.5. The Kier molecular flexibility index (Phi) is 7.91. The molecule has 0 radical (unpaired) electrons. The Balaban J connectivity index is 1.91. The van der Waals surface area contributed by atoms with Gasteiger partial charge in [-0.05, 0) is 11.5 Å². The SMILES string of the molecule is CC(C)CNC(=NCC(=O)N(C)C)N1CCN(Cc2ccccc2)CC1. The number of hydrogen-bond donors (Lipinski definition) is 1. The van der Waals surface area contributed by atoms with Crippen LogP contribution in [0.25, 0.3) is 0 Å². The first-order valence-corrected chi connectivity index (χ1v) is 9.45. The topological polar surface area (TPSA) is 51.2 Å². The summed E-state index contributed by atoms with van der Waals surface area (Å²) >= 11 is 0. The van der Waals surface area contributed by atoms with Crippen molar-refractivity contribution in [2.24, 2.45) is 10.9 Å². The smallest absolute Gasteiger partial charge is 0.243 e. The van der Waals surface area contributed by atoms with Crippen LogP contribution >= 0.6 is 0 Å². The molecule has 144 valence electrons. The van der Waals surface area contributed by atoms with E-state index in [0.717, 1.165) is 45.2 Å². The zero-order valence-corrected chi connectivity index (χ0v) is 16.6. The van der Waals surface area contributed by atoms with Gasteiger partial charge in [0.25, 0.3) is 0 Å². The molecule has 1 amide bonds. The Morgan fingerprint density at radius 1 is 1.15 bits per heavy atom. The molecule has 0 unspecified atom stereocenters. The number of hydrogen-bond acceptors (Lipinski definition) is 3. The van der Waals surface area contributed by atoms with Gasteiger partial charge in [0.15, 0.2) is 5.96 Å². The summed E-state index contributed by atoms with van der Waals surface area (Å²) in [5.41, 5.74) is 1.35. The average Bonchev–Trinajstić information content (AvgIpc) is 2.63. The van der Waals surface area contributed by atoms with Crippen molar-refractivity contribution in [3.05, 3.63) is 35.9 Å². The van der Waals surface area contributed by atoms with E-state index in [-0.39, 0.29) is 12.5 Å². The molecule has 0 aliphatic carbocycles. The lowest BCUT2D eigenvalue weighted by Crippen LogP contribution is -2.52. The molecular weight excluding hydrogens is 326 g/mol. The molecule has 0 spiro atoms. The van der Waals surface area contributed by atoms with Gasteiger partial charge in [-0.25, -0.2) is 4.99 Å². The van der Waals surface area contributed by atoms with Gasteiger partial charge in [-0.15, -0.1) is 0 Å². The summed E-state index contributed by atoms with van der Waals surface area (Å²) in [4.78, 5) is 22.8. The first kappa shape index (κ1) is 20.2. The van der Waals surface area contributed by atoms with Gasteiger partial charge in [-0.3, -0.25) is 9.69 Å². The minimum absolute atomic E-state index is 0.0246. The number of piperazine rings is 1. The van der Waals surface area contributed by atoms with Crippen LogP contribution in [-0.2, 0) is 11.3 Å². The van der Waals surface area contributed by atoms with Gasteiger partial charge in [-0.2, -0.15) is 0 Å². The average molecular weight is 360 g/mol. The fourth-order valence-electron chi connectivity index (χ4n) is 2.81. The molecule has 0 atom stereocenters. The molecule has 0 saturated carbocycles. The van der Waals surface area contributed by atoms with Gasteiger partial charge in [0.05, 0.1) is 0 Å². The molecule has 0 aromatic heterocycles. The summed E-state index contributed by atoms with van der Waals surface area (Å²) < 4.78 is 0. The third kappa shape index (κ3) is 6.67. The molecule has 1 fully saturated rings. The van der Waals surface area contributed by atoms with Crippen LogP contribution in [0.5, 0.6) is 0 Å². The number of benzene rings is 1. The van der Waals surface area contributed by atoms with Crippen LogP contribution in [0.2, 0.25) is 0 Å². The highest BCUT2D eigenvalue weighted by atomic mass is 16.2. The fourth-order valence-corrected chi connectivity index (χ4v) is 2.81. The summed E-state index contributed by atoms with van der Waals surface area (Å²) in [6.07, 6.45) is 0. The van der Waals surface area contributed by atoms with E-state index in [0.29, 0.717) is 5.92 Å². The normalized spacial score (nSPS) is 16.0. The molecule has 1 heterocycles. The summed E-state index contributed by atoms with van der Waals surface area (Å²) in [5.74, 6) is 1.41. The number of carbonyl (C=O) groups excluding carboxylic acids is 1. The second-order valence-electron chi connectivity index (χ2n) is 7.45. The molecule has 2 rings (SSSR count). The van der Waals surface area contributed by atoms with Crippen LogP contribution in [0.1, 0.15) is 19.4 Å². The highest BCUT2D eigenvalue weighted by molar-refractivity contribution is 5.84. The molecule has 1 aliphatic heterocycles. The van der Waals surface area contributed by atoms with Crippen LogP contribution in [0.15, 0.2) is 35.3 Å². The highest BCUT2D eigenvalue weighted by Crippen LogP contribution is 2.09. The van der Waals surface area contributed by atoms with Crippen LogP contribution in [0, 0.1) is 5.92 Å². The Morgan fingerprint density at radius 3 is 2.38 bits per heavy atom. The molecule has 0 bridgehead atoms. The van der Waals surface area contributed by atoms with E-state index in [9.17, 15) is 4.79 Å². The molecule has 1 aromatic rings. The van der Waals surface area contributed by atoms with Gasteiger partial charge in [0.1, 0.15) is 6.54 Å². The maximum absolute atomic E-state index is 11.9. The van der Waals surface area contributed by atoms with Gasteiger partial charge in [-0.1, -0.05) is 44.2 Å². The molecule has 1 saturated heterocycles. The minimum Gasteiger partial charge on any atom is -0.356 e. The number of aliphatic imine (C=N–C) groups is 1. The quantitative estimate of drug-likeness (QED) is 0.618. The summed E-state index contributed by atoms with van der Waals surface area (Å²) in [6.45, 7) is 10.2. The number of guanidine groups is 1. The van der Waals surface area contributed by atoms with Crippen LogP contribution in [-0.4, -0.2) is 79.9 Å². The number of likely N-dealkylation sites (N-methyl/N-ethyl adjacent to an activating group) is 1. The van der Waals surface area contributed by atoms with E-state index in [1.807, 2.05) is 0 Å². The van der Waals surface area contributed by atoms with Crippen molar-refractivity contribution < 1.29 is 4.79 Å². The molecule has 6 heteroatoms. The van der Waals surface area contributed by atoms with E-state index in [4.69, 9.17) is 0 Å². The lowest BCUT2D eigenvalue weighted by Gasteiger charge is -2.36. The van der Waals surface area contributed by atoms with Gasteiger partial charge in [0.2, 0.25) is 5.91 Å². The third-order valence-corrected chi connectivity index (χ3v) is 4.45. The second kappa shape index (κ2) is 10.2. The lowest BCUT2D eigenvalue weighted by atomic mass is 10.2. The van der Waals surface area contributed by atoms with Gasteiger partial charge < -0.3 is 15.1 Å². The van der Waals surface area contributed by atoms with Crippen molar-refractivity contribution in [1.82, 2.24) is 20.0 Å². The van der Waals surface area contributed by atoms with Crippen LogP contribution < -0.4 is 5.32 Å². The summed E-state index contributed by atoms with van der Waals surface area (Å²) in [7, 11) is 3.53. The monoisotopic (exact) mass is 359 g/mol. The fraction of sp³-hybridized carbons (Fsp3) is 0.600. The Morgan fingerprint density at radius 2 is 1.81 bits per heavy atom. The predicted octanol–water partition coefficient (Wildman–Crippen LogP) is 1.49. The maximum atomic E-state index is 11.9. The van der Waals surface area contributed by atoms with E-state index in [2.05, 4.69) is 64.3 Å². The molecule has 1 N–H and O–H groups in total. The van der Waals surface area contributed by atoms with Crippen molar-refractivity contribution in [1.29, 1.82) is 0 Å². The highest BCUT2D eigenvalue weighted by Gasteiger charge is 2.20. The van der Waals surface area contributed by atoms with E-state index < -0.39 is 0 Å². The first-order valence-electron chi connectivity index (χ1n) is 9.45. The predicted molar refractivity (Wildman–Crippen MR) is 107 cm³/mol. The van der Waals surface area contributed by atoms with E-state index >= 15 is 0 Å². The molecular formula is C20H33N5O. The Labute approximate surface area is 157 Å².